The van der Waals surface area contributed by atoms with Crippen molar-refractivity contribution in [2.45, 2.75) is 113 Å². The molecule has 0 spiro atoms. The van der Waals surface area contributed by atoms with Crippen molar-refractivity contribution in [3.63, 3.8) is 0 Å². The molecule has 0 aromatic carbocycles. The molecule has 5 aliphatic carbocycles. The van der Waals surface area contributed by atoms with Crippen LogP contribution in [0.25, 0.3) is 0 Å². The van der Waals surface area contributed by atoms with Gasteiger partial charge >= 0.3 is 11.9 Å². The van der Waals surface area contributed by atoms with E-state index in [-0.39, 0.29) is 51.0 Å². The number of carbonyl (C=O) groups is 2. The van der Waals surface area contributed by atoms with Crippen LogP contribution in [0.2, 0.25) is 0 Å². The lowest BCUT2D eigenvalue weighted by molar-refractivity contribution is -0.175. The Bertz CT molecular complexity index is 1050. The van der Waals surface area contributed by atoms with E-state index < -0.39 is 0 Å². The largest absolute Gasteiger partial charge is 0.469 e. The van der Waals surface area contributed by atoms with Crippen LogP contribution in [0.1, 0.15) is 107 Å². The van der Waals surface area contributed by atoms with Crippen molar-refractivity contribution >= 4 is 11.9 Å². The van der Waals surface area contributed by atoms with Crippen LogP contribution >= 0.6 is 0 Å². The zero-order valence-corrected chi connectivity index (χ0v) is 24.8. The van der Waals surface area contributed by atoms with Gasteiger partial charge < -0.3 is 9.47 Å². The Morgan fingerprint density at radius 3 is 2.22 bits per heavy atom. The Hall–Kier alpha value is -1.58. The first-order chi connectivity index (χ1) is 17.2. The van der Waals surface area contributed by atoms with Gasteiger partial charge in [-0.1, -0.05) is 71.8 Å². The summed E-state index contributed by atoms with van der Waals surface area (Å²) in [6.07, 6.45) is 13.2. The first-order valence-corrected chi connectivity index (χ1v) is 14.9. The highest BCUT2D eigenvalue weighted by Gasteiger charge is 2.68. The van der Waals surface area contributed by atoms with Gasteiger partial charge in [-0.3, -0.25) is 9.59 Å². The number of hydrogen-bond donors (Lipinski definition) is 0. The predicted octanol–water partition coefficient (Wildman–Crippen LogP) is 7.67. The van der Waals surface area contributed by atoms with E-state index in [1.807, 2.05) is 0 Å². The molecule has 4 saturated carbocycles. The number of ether oxygens (including phenoxy) is 2. The summed E-state index contributed by atoms with van der Waals surface area (Å²) in [5.41, 5.74) is 2.87. The third-order valence-corrected chi connectivity index (χ3v) is 13.2. The second kappa shape index (κ2) is 8.46. The van der Waals surface area contributed by atoms with Gasteiger partial charge in [-0.05, 0) is 91.3 Å². The summed E-state index contributed by atoms with van der Waals surface area (Å²) in [6.45, 7) is 18.5. The molecule has 0 heterocycles. The molecule has 0 N–H and O–H groups in total. The molecular weight excluding hydrogens is 460 g/mol. The lowest BCUT2D eigenvalue weighted by Crippen LogP contribution is -2.62. The van der Waals surface area contributed by atoms with Crippen LogP contribution in [0.3, 0.4) is 0 Å². The molecule has 0 aromatic heterocycles. The van der Waals surface area contributed by atoms with E-state index in [0.29, 0.717) is 17.8 Å². The number of fused-ring (bicyclic) bond motifs is 7. The Labute approximate surface area is 225 Å². The Morgan fingerprint density at radius 1 is 0.865 bits per heavy atom. The molecule has 9 atom stereocenters. The van der Waals surface area contributed by atoms with E-state index in [4.69, 9.17) is 9.47 Å². The third-order valence-electron chi connectivity index (χ3n) is 13.2. The minimum absolute atomic E-state index is 0.0142. The molecule has 0 saturated heterocycles. The first kappa shape index (κ1) is 27.0. The Kier molecular flexibility index (Phi) is 6.17. The van der Waals surface area contributed by atoms with Crippen molar-refractivity contribution in [2.75, 3.05) is 7.11 Å². The van der Waals surface area contributed by atoms with Crippen molar-refractivity contribution in [1.29, 1.82) is 0 Å². The van der Waals surface area contributed by atoms with E-state index in [0.717, 1.165) is 51.4 Å². The Morgan fingerprint density at radius 2 is 1.57 bits per heavy atom. The van der Waals surface area contributed by atoms with Crippen molar-refractivity contribution in [3.05, 3.63) is 23.3 Å². The maximum atomic E-state index is 13.4. The molecule has 37 heavy (non-hydrogen) atoms. The normalized spacial score (nSPS) is 48.2. The average Bonchev–Trinajstić information content (AvgIpc) is 2.83. The average molecular weight is 511 g/mol. The molecule has 0 bridgehead atoms. The molecule has 0 radical (unpaired) electrons. The summed E-state index contributed by atoms with van der Waals surface area (Å²) in [4.78, 5) is 25.3. The molecule has 206 valence electrons. The fourth-order valence-corrected chi connectivity index (χ4v) is 10.7. The summed E-state index contributed by atoms with van der Waals surface area (Å²) in [5.74, 6) is 1.64. The summed E-state index contributed by atoms with van der Waals surface area (Å²) >= 11 is 0. The van der Waals surface area contributed by atoms with Crippen LogP contribution in [-0.2, 0) is 19.1 Å². The monoisotopic (exact) mass is 510 g/mol. The molecule has 4 nitrogen and oxygen atoms in total. The quantitative estimate of drug-likeness (QED) is 0.358. The van der Waals surface area contributed by atoms with Gasteiger partial charge in [0.25, 0.3) is 0 Å². The van der Waals surface area contributed by atoms with Gasteiger partial charge in [0.2, 0.25) is 0 Å². The molecule has 5 aliphatic rings. The van der Waals surface area contributed by atoms with Gasteiger partial charge in [0, 0.05) is 12.3 Å². The number of allylic oxidation sites excluding steroid dienone is 4. The number of rotatable bonds is 2. The van der Waals surface area contributed by atoms with Gasteiger partial charge in [0.1, 0.15) is 6.10 Å². The lowest BCUT2D eigenvalue weighted by Gasteiger charge is -2.68. The second-order valence-corrected chi connectivity index (χ2v) is 14.8. The van der Waals surface area contributed by atoms with E-state index in [1.54, 1.807) is 19.6 Å². The number of hydrogen-bond acceptors (Lipinski definition) is 4. The number of carbonyl (C=O) groups excluding carboxylic acids is 2. The standard InChI is InChI=1S/C33H50O4/c1-20-12-17-33(28(35)36-9)19-18-31(7)23(27(33)21(20)2)10-11-25-30(6)15-14-26(37-22(3)34)29(4,5)24(30)13-16-32(25,31)8/h10-11,20-21,24,26-27H,12-19H2,1-9H3/t20-,21+,24+,26?,27+,30+,31-,32-,33+/m1/s1. The molecule has 0 aliphatic heterocycles. The van der Waals surface area contributed by atoms with Gasteiger partial charge in [-0.25, -0.2) is 0 Å². The molecule has 1 unspecified atom stereocenters. The SMILES string of the molecule is COC(=O)[C@]12CC[C@@H](C)[C@H](C)[C@H]1C1=CC=C3[C@@]4(C)CCC(OC(C)=O)C(C)(C)[C@@H]4CC[C@@]3(C)[C@]1(C)CC2. The predicted molar refractivity (Wildman–Crippen MR) is 147 cm³/mol. The van der Waals surface area contributed by atoms with Crippen LogP contribution < -0.4 is 0 Å². The van der Waals surface area contributed by atoms with Crippen molar-refractivity contribution in [2.24, 2.45) is 50.7 Å². The van der Waals surface area contributed by atoms with E-state index in [2.05, 4.69) is 60.6 Å². The molecule has 5 rings (SSSR count). The minimum atomic E-state index is -0.376. The molecule has 4 heteroatoms. The maximum Gasteiger partial charge on any atom is 0.312 e. The van der Waals surface area contributed by atoms with E-state index >= 15 is 0 Å². The first-order valence-electron chi connectivity index (χ1n) is 14.9. The van der Waals surface area contributed by atoms with Crippen LogP contribution in [0.5, 0.6) is 0 Å². The minimum Gasteiger partial charge on any atom is -0.469 e. The maximum absolute atomic E-state index is 13.4. The summed E-state index contributed by atoms with van der Waals surface area (Å²) in [5, 5.41) is 0. The fourth-order valence-electron chi connectivity index (χ4n) is 10.7. The van der Waals surface area contributed by atoms with Crippen molar-refractivity contribution in [3.8, 4) is 0 Å². The molecule has 4 fully saturated rings. The zero-order valence-electron chi connectivity index (χ0n) is 24.8. The summed E-state index contributed by atoms with van der Waals surface area (Å²) < 4.78 is 11.4. The highest BCUT2D eigenvalue weighted by molar-refractivity contribution is 5.79. The highest BCUT2D eigenvalue weighted by atomic mass is 16.5. The Balaban J connectivity index is 1.62. The van der Waals surface area contributed by atoms with Crippen LogP contribution in [-0.4, -0.2) is 25.2 Å². The van der Waals surface area contributed by atoms with E-state index in [9.17, 15) is 9.59 Å². The van der Waals surface area contributed by atoms with Crippen LogP contribution in [0.15, 0.2) is 23.3 Å². The fraction of sp³-hybridized carbons (Fsp3) is 0.818. The molecule has 0 amide bonds. The lowest BCUT2D eigenvalue weighted by atomic mass is 9.35. The zero-order chi connectivity index (χ0) is 27.2. The van der Waals surface area contributed by atoms with Crippen molar-refractivity contribution in [1.82, 2.24) is 0 Å². The second-order valence-electron chi connectivity index (χ2n) is 14.8. The van der Waals surface area contributed by atoms with Gasteiger partial charge in [-0.2, -0.15) is 0 Å². The molecular formula is C33H50O4. The number of methoxy groups -OCH3 is 1. The van der Waals surface area contributed by atoms with Crippen LogP contribution in [0, 0.1) is 50.7 Å². The van der Waals surface area contributed by atoms with Crippen molar-refractivity contribution < 1.29 is 19.1 Å². The topological polar surface area (TPSA) is 52.6 Å². The van der Waals surface area contributed by atoms with Gasteiger partial charge in [0.15, 0.2) is 0 Å². The smallest absolute Gasteiger partial charge is 0.312 e. The van der Waals surface area contributed by atoms with E-state index in [1.165, 1.54) is 5.57 Å². The van der Waals surface area contributed by atoms with Crippen LogP contribution in [0.4, 0.5) is 0 Å². The molecule has 0 aromatic rings. The third kappa shape index (κ3) is 3.38. The summed E-state index contributed by atoms with van der Waals surface area (Å²) in [7, 11) is 1.58. The summed E-state index contributed by atoms with van der Waals surface area (Å²) in [6, 6.07) is 0. The highest BCUT2D eigenvalue weighted by Crippen LogP contribution is 2.74. The number of esters is 2. The van der Waals surface area contributed by atoms with Gasteiger partial charge in [-0.15, -0.1) is 0 Å². The van der Waals surface area contributed by atoms with Gasteiger partial charge in [0.05, 0.1) is 12.5 Å².